The largest absolute Gasteiger partial charge is 0.494 e. The molecule has 21 heavy (non-hydrogen) atoms. The van der Waals surface area contributed by atoms with Crippen molar-refractivity contribution in [3.63, 3.8) is 0 Å². The fourth-order valence-electron chi connectivity index (χ4n) is 2.31. The van der Waals surface area contributed by atoms with Gasteiger partial charge in [0.1, 0.15) is 5.82 Å². The van der Waals surface area contributed by atoms with Crippen molar-refractivity contribution in [2.24, 2.45) is 5.73 Å². The fourth-order valence-corrected chi connectivity index (χ4v) is 2.31. The summed E-state index contributed by atoms with van der Waals surface area (Å²) in [6.45, 7) is 0.233. The SMILES string of the molecule is COc1ccc(C(CN)N(C)c2ccccc2F)cc1F. The summed E-state index contributed by atoms with van der Waals surface area (Å²) in [7, 11) is 3.14. The van der Waals surface area contributed by atoms with Gasteiger partial charge in [-0.25, -0.2) is 8.78 Å². The third kappa shape index (κ3) is 3.13. The number of para-hydroxylation sites is 1. The third-order valence-corrected chi connectivity index (χ3v) is 3.48. The van der Waals surface area contributed by atoms with Gasteiger partial charge in [-0.1, -0.05) is 18.2 Å². The molecule has 0 spiro atoms. The van der Waals surface area contributed by atoms with Crippen molar-refractivity contribution in [2.45, 2.75) is 6.04 Å². The van der Waals surface area contributed by atoms with Crippen LogP contribution in [-0.2, 0) is 0 Å². The normalized spacial score (nSPS) is 12.0. The maximum Gasteiger partial charge on any atom is 0.165 e. The van der Waals surface area contributed by atoms with Gasteiger partial charge in [0.2, 0.25) is 0 Å². The minimum Gasteiger partial charge on any atom is -0.494 e. The number of ether oxygens (including phenoxy) is 1. The highest BCUT2D eigenvalue weighted by molar-refractivity contribution is 5.49. The molecule has 2 rings (SSSR count). The van der Waals surface area contributed by atoms with Crippen LogP contribution >= 0.6 is 0 Å². The van der Waals surface area contributed by atoms with Crippen LogP contribution in [0.25, 0.3) is 0 Å². The van der Waals surface area contributed by atoms with Crippen LogP contribution in [0.15, 0.2) is 42.5 Å². The minimum absolute atomic E-state index is 0.170. The topological polar surface area (TPSA) is 38.5 Å². The van der Waals surface area contributed by atoms with Gasteiger partial charge in [-0.3, -0.25) is 0 Å². The van der Waals surface area contributed by atoms with Crippen LogP contribution in [0.2, 0.25) is 0 Å². The Morgan fingerprint density at radius 3 is 2.43 bits per heavy atom. The standard InChI is InChI=1S/C16H18F2N2O/c1-20(14-6-4-3-5-12(14)17)15(10-19)11-7-8-16(21-2)13(18)9-11/h3-9,15H,10,19H2,1-2H3. The molecule has 0 saturated heterocycles. The summed E-state index contributed by atoms with van der Waals surface area (Å²) in [5, 5.41) is 0. The van der Waals surface area contributed by atoms with Crippen molar-refractivity contribution < 1.29 is 13.5 Å². The smallest absolute Gasteiger partial charge is 0.165 e. The lowest BCUT2D eigenvalue weighted by Crippen LogP contribution is -2.31. The van der Waals surface area contributed by atoms with E-state index < -0.39 is 5.82 Å². The van der Waals surface area contributed by atoms with Crippen LogP contribution in [0.1, 0.15) is 11.6 Å². The number of benzene rings is 2. The van der Waals surface area contributed by atoms with E-state index in [0.717, 1.165) is 0 Å². The quantitative estimate of drug-likeness (QED) is 0.920. The Bertz CT molecular complexity index is 619. The minimum atomic E-state index is -0.463. The molecule has 0 bridgehead atoms. The molecule has 0 saturated carbocycles. The van der Waals surface area contributed by atoms with Gasteiger partial charge in [-0.05, 0) is 29.8 Å². The first kappa shape index (κ1) is 15.3. The summed E-state index contributed by atoms with van der Waals surface area (Å²) in [6.07, 6.45) is 0. The lowest BCUT2D eigenvalue weighted by Gasteiger charge is -2.30. The molecular weight excluding hydrogens is 274 g/mol. The zero-order valence-corrected chi connectivity index (χ0v) is 12.0. The number of methoxy groups -OCH3 is 1. The second kappa shape index (κ2) is 6.54. The first-order chi connectivity index (χ1) is 10.1. The van der Waals surface area contributed by atoms with Crippen LogP contribution in [0.4, 0.5) is 14.5 Å². The van der Waals surface area contributed by atoms with Crippen LogP contribution in [0, 0.1) is 11.6 Å². The number of rotatable bonds is 5. The molecule has 0 aliphatic heterocycles. The average molecular weight is 292 g/mol. The van der Waals surface area contributed by atoms with Gasteiger partial charge in [0, 0.05) is 13.6 Å². The number of likely N-dealkylation sites (N-methyl/N-ethyl adjacent to an activating group) is 1. The van der Waals surface area contributed by atoms with E-state index in [2.05, 4.69) is 0 Å². The molecule has 2 N–H and O–H groups in total. The van der Waals surface area contributed by atoms with E-state index in [9.17, 15) is 8.78 Å². The number of nitrogens with zero attached hydrogens (tertiary/aromatic N) is 1. The molecule has 0 radical (unpaired) electrons. The molecule has 2 aromatic carbocycles. The number of hydrogen-bond donors (Lipinski definition) is 1. The predicted molar refractivity (Wildman–Crippen MR) is 79.6 cm³/mol. The molecule has 0 fully saturated rings. The summed E-state index contributed by atoms with van der Waals surface area (Å²) in [4.78, 5) is 1.70. The van der Waals surface area contributed by atoms with Crippen molar-refractivity contribution in [1.82, 2.24) is 0 Å². The Balaban J connectivity index is 2.35. The van der Waals surface area contributed by atoms with Gasteiger partial charge in [0.05, 0.1) is 18.8 Å². The molecule has 1 atom stereocenters. The van der Waals surface area contributed by atoms with Crippen molar-refractivity contribution in [1.29, 1.82) is 0 Å². The second-order valence-corrected chi connectivity index (χ2v) is 4.71. The summed E-state index contributed by atoms with van der Waals surface area (Å²) in [5.74, 6) is -0.633. The van der Waals surface area contributed by atoms with E-state index >= 15 is 0 Å². The van der Waals surface area contributed by atoms with Crippen LogP contribution in [-0.4, -0.2) is 20.7 Å². The Morgan fingerprint density at radius 2 is 1.86 bits per heavy atom. The van der Waals surface area contributed by atoms with E-state index in [1.165, 1.54) is 19.2 Å². The van der Waals surface area contributed by atoms with E-state index in [1.54, 1.807) is 42.3 Å². The van der Waals surface area contributed by atoms with E-state index in [-0.39, 0.29) is 24.2 Å². The predicted octanol–water partition coefficient (Wildman–Crippen LogP) is 3.11. The lowest BCUT2D eigenvalue weighted by molar-refractivity contribution is 0.386. The third-order valence-electron chi connectivity index (χ3n) is 3.48. The highest BCUT2D eigenvalue weighted by Gasteiger charge is 2.19. The molecular formula is C16H18F2N2O. The second-order valence-electron chi connectivity index (χ2n) is 4.71. The molecule has 0 aromatic heterocycles. The van der Waals surface area contributed by atoms with Gasteiger partial charge >= 0.3 is 0 Å². The Morgan fingerprint density at radius 1 is 1.14 bits per heavy atom. The average Bonchev–Trinajstić information content (AvgIpc) is 2.48. The number of hydrogen-bond acceptors (Lipinski definition) is 3. The molecule has 2 aromatic rings. The van der Waals surface area contributed by atoms with Crippen LogP contribution in [0.3, 0.4) is 0 Å². The van der Waals surface area contributed by atoms with Gasteiger partial charge in [-0.2, -0.15) is 0 Å². The lowest BCUT2D eigenvalue weighted by atomic mass is 10.0. The Hall–Kier alpha value is -2.14. The number of anilines is 1. The van der Waals surface area contributed by atoms with E-state index in [4.69, 9.17) is 10.5 Å². The summed E-state index contributed by atoms with van der Waals surface area (Å²) in [5.41, 5.74) is 6.88. The van der Waals surface area contributed by atoms with E-state index in [0.29, 0.717) is 11.3 Å². The van der Waals surface area contributed by atoms with Crippen molar-refractivity contribution >= 4 is 5.69 Å². The van der Waals surface area contributed by atoms with Gasteiger partial charge < -0.3 is 15.4 Å². The highest BCUT2D eigenvalue weighted by atomic mass is 19.1. The van der Waals surface area contributed by atoms with Crippen LogP contribution < -0.4 is 15.4 Å². The summed E-state index contributed by atoms with van der Waals surface area (Å²) >= 11 is 0. The zero-order valence-electron chi connectivity index (χ0n) is 12.0. The first-order valence-electron chi connectivity index (χ1n) is 6.59. The monoisotopic (exact) mass is 292 g/mol. The molecule has 0 heterocycles. The maximum absolute atomic E-state index is 13.9. The highest BCUT2D eigenvalue weighted by Crippen LogP contribution is 2.29. The number of nitrogens with two attached hydrogens (primary N) is 1. The molecule has 112 valence electrons. The van der Waals surface area contributed by atoms with Crippen molar-refractivity contribution in [2.75, 3.05) is 25.6 Å². The fraction of sp³-hybridized carbons (Fsp3) is 0.250. The zero-order chi connectivity index (χ0) is 15.4. The maximum atomic E-state index is 13.9. The Kier molecular flexibility index (Phi) is 4.75. The van der Waals surface area contributed by atoms with Crippen molar-refractivity contribution in [3.8, 4) is 5.75 Å². The van der Waals surface area contributed by atoms with Gasteiger partial charge in [0.15, 0.2) is 11.6 Å². The summed E-state index contributed by atoms with van der Waals surface area (Å²) < 4.78 is 32.6. The molecule has 1 unspecified atom stereocenters. The van der Waals surface area contributed by atoms with Crippen molar-refractivity contribution in [3.05, 3.63) is 59.7 Å². The van der Waals surface area contributed by atoms with Crippen LogP contribution in [0.5, 0.6) is 5.75 Å². The summed E-state index contributed by atoms with van der Waals surface area (Å²) in [6, 6.07) is 10.7. The van der Waals surface area contributed by atoms with Gasteiger partial charge in [-0.15, -0.1) is 0 Å². The molecule has 0 aliphatic rings. The molecule has 0 aliphatic carbocycles. The number of halogens is 2. The Labute approximate surface area is 122 Å². The van der Waals surface area contributed by atoms with Gasteiger partial charge in [0.25, 0.3) is 0 Å². The van der Waals surface area contributed by atoms with E-state index in [1.807, 2.05) is 0 Å². The molecule has 0 amide bonds. The molecule has 3 nitrogen and oxygen atoms in total. The first-order valence-corrected chi connectivity index (χ1v) is 6.59. The molecule has 5 heteroatoms.